The molecule has 2 heteroatoms. The fourth-order valence-corrected chi connectivity index (χ4v) is 1.85. The van der Waals surface area contributed by atoms with E-state index in [9.17, 15) is 0 Å². The molecule has 2 heterocycles. The summed E-state index contributed by atoms with van der Waals surface area (Å²) < 4.78 is 0. The highest BCUT2D eigenvalue weighted by Gasteiger charge is 1.97. The van der Waals surface area contributed by atoms with Crippen molar-refractivity contribution in [3.05, 3.63) is 66.0 Å². The highest BCUT2D eigenvalue weighted by Crippen LogP contribution is 2.13. The first-order valence-electron chi connectivity index (χ1n) is 6.08. The molecular weight excluding hydrogens is 220 g/mol. The van der Waals surface area contributed by atoms with Crippen LogP contribution in [0.15, 0.2) is 60.5 Å². The minimum absolute atomic E-state index is 0.904. The number of allylic oxidation sites excluding steroid dienone is 5. The van der Waals surface area contributed by atoms with Crippen molar-refractivity contribution in [3.63, 3.8) is 0 Å². The van der Waals surface area contributed by atoms with Gasteiger partial charge < -0.3 is 4.98 Å². The summed E-state index contributed by atoms with van der Waals surface area (Å²) >= 11 is 0. The average molecular weight is 238 g/mol. The second-order valence-corrected chi connectivity index (χ2v) is 4.50. The lowest BCUT2D eigenvalue weighted by molar-refractivity contribution is 1.19. The number of aromatic nitrogens is 2. The molecule has 2 aromatic rings. The molecule has 0 fully saturated rings. The second kappa shape index (κ2) is 5.50. The van der Waals surface area contributed by atoms with Crippen LogP contribution < -0.4 is 0 Å². The van der Waals surface area contributed by atoms with Gasteiger partial charge in [0.1, 0.15) is 5.65 Å². The smallest absolute Gasteiger partial charge is 0.137 e. The molecule has 0 aliphatic rings. The molecule has 1 N–H and O–H groups in total. The number of fused-ring (bicyclic) bond motifs is 1. The third kappa shape index (κ3) is 2.98. The average Bonchev–Trinajstić information content (AvgIpc) is 2.83. The lowest BCUT2D eigenvalue weighted by atomic mass is 10.1. The monoisotopic (exact) mass is 238 g/mol. The Hall–Kier alpha value is -2.09. The highest BCUT2D eigenvalue weighted by molar-refractivity contribution is 5.75. The largest absolute Gasteiger partial charge is 0.346 e. The zero-order valence-corrected chi connectivity index (χ0v) is 10.9. The van der Waals surface area contributed by atoms with E-state index in [4.69, 9.17) is 0 Å². The molecule has 0 amide bonds. The molecule has 2 aromatic heterocycles. The van der Waals surface area contributed by atoms with Gasteiger partial charge in [0, 0.05) is 17.8 Å². The topological polar surface area (TPSA) is 28.7 Å². The Balaban J connectivity index is 2.13. The first-order valence-corrected chi connectivity index (χ1v) is 6.08. The first-order chi connectivity index (χ1) is 8.69. The number of pyridine rings is 1. The summed E-state index contributed by atoms with van der Waals surface area (Å²) in [4.78, 5) is 7.48. The van der Waals surface area contributed by atoms with Crippen molar-refractivity contribution in [1.29, 1.82) is 0 Å². The van der Waals surface area contributed by atoms with Crippen molar-refractivity contribution in [3.8, 4) is 0 Å². The van der Waals surface area contributed by atoms with Crippen molar-refractivity contribution >= 4 is 11.0 Å². The van der Waals surface area contributed by atoms with Crippen LogP contribution in [0.5, 0.6) is 0 Å². The van der Waals surface area contributed by atoms with E-state index < -0.39 is 0 Å². The van der Waals surface area contributed by atoms with Crippen LogP contribution in [0.3, 0.4) is 0 Å². The number of aromatic amines is 1. The van der Waals surface area contributed by atoms with E-state index in [1.807, 2.05) is 24.5 Å². The summed E-state index contributed by atoms with van der Waals surface area (Å²) in [6.45, 7) is 7.91. The number of rotatable bonds is 4. The molecule has 0 atom stereocenters. The summed E-state index contributed by atoms with van der Waals surface area (Å²) in [5, 5.41) is 1.16. The van der Waals surface area contributed by atoms with Gasteiger partial charge in [0.25, 0.3) is 0 Å². The fraction of sp³-hybridized carbons (Fsp3) is 0.188. The maximum Gasteiger partial charge on any atom is 0.137 e. The van der Waals surface area contributed by atoms with Crippen molar-refractivity contribution in [2.75, 3.05) is 0 Å². The molecule has 0 saturated carbocycles. The Morgan fingerprint density at radius 2 is 2.22 bits per heavy atom. The zero-order valence-electron chi connectivity index (χ0n) is 10.9. The van der Waals surface area contributed by atoms with Crippen molar-refractivity contribution in [1.82, 2.24) is 9.97 Å². The Morgan fingerprint density at radius 1 is 1.39 bits per heavy atom. The summed E-state index contributed by atoms with van der Waals surface area (Å²) in [6.07, 6.45) is 11.0. The van der Waals surface area contributed by atoms with Gasteiger partial charge in [-0.1, -0.05) is 36.0 Å². The van der Waals surface area contributed by atoms with Crippen LogP contribution in [0, 0.1) is 0 Å². The quantitative estimate of drug-likeness (QED) is 0.795. The molecule has 0 aromatic carbocycles. The van der Waals surface area contributed by atoms with Gasteiger partial charge in [-0.2, -0.15) is 0 Å². The third-order valence-corrected chi connectivity index (χ3v) is 2.89. The molecule has 2 rings (SSSR count). The van der Waals surface area contributed by atoms with Gasteiger partial charge in [-0.25, -0.2) is 4.98 Å². The Bertz CT molecular complexity index is 615. The molecule has 2 nitrogen and oxygen atoms in total. The SMILES string of the molecule is C=C/C(C)=C\C(C)=C/Cc1cnc2[nH]ccc2c1. The van der Waals surface area contributed by atoms with E-state index in [1.165, 1.54) is 16.7 Å². The van der Waals surface area contributed by atoms with E-state index in [0.29, 0.717) is 0 Å². The van der Waals surface area contributed by atoms with Crippen LogP contribution >= 0.6 is 0 Å². The summed E-state index contributed by atoms with van der Waals surface area (Å²) in [5.74, 6) is 0. The number of nitrogens with one attached hydrogen (secondary N) is 1. The van der Waals surface area contributed by atoms with Crippen LogP contribution in [-0.2, 0) is 6.42 Å². The minimum atomic E-state index is 0.904. The highest BCUT2D eigenvalue weighted by atomic mass is 14.8. The van der Waals surface area contributed by atoms with Crippen LogP contribution in [0.1, 0.15) is 19.4 Å². The Labute approximate surface area is 108 Å². The van der Waals surface area contributed by atoms with Gasteiger partial charge in [0.05, 0.1) is 0 Å². The molecule has 0 bridgehead atoms. The standard InChI is InChI=1S/C16H18N2/c1-4-12(2)9-13(3)5-6-14-10-15-7-8-17-16(15)18-11-14/h4-5,7-11H,1,6H2,2-3H3,(H,17,18)/b12-9-,13-5-. The molecule has 0 saturated heterocycles. The number of hydrogen-bond acceptors (Lipinski definition) is 1. The van der Waals surface area contributed by atoms with Gasteiger partial charge >= 0.3 is 0 Å². The number of nitrogens with zero attached hydrogens (tertiary/aromatic N) is 1. The van der Waals surface area contributed by atoms with E-state index in [1.54, 1.807) is 0 Å². The van der Waals surface area contributed by atoms with Crippen molar-refractivity contribution in [2.45, 2.75) is 20.3 Å². The lowest BCUT2D eigenvalue weighted by Crippen LogP contribution is -1.85. The molecule has 18 heavy (non-hydrogen) atoms. The normalized spacial score (nSPS) is 13.0. The van der Waals surface area contributed by atoms with E-state index >= 15 is 0 Å². The van der Waals surface area contributed by atoms with Gasteiger partial charge in [0.15, 0.2) is 0 Å². The number of hydrogen-bond donors (Lipinski definition) is 1. The third-order valence-electron chi connectivity index (χ3n) is 2.89. The van der Waals surface area contributed by atoms with Gasteiger partial charge in [-0.3, -0.25) is 0 Å². The molecule has 92 valence electrons. The van der Waals surface area contributed by atoms with Crippen LogP contribution in [0.25, 0.3) is 11.0 Å². The lowest BCUT2D eigenvalue weighted by Gasteiger charge is -1.98. The maximum atomic E-state index is 4.38. The Kier molecular flexibility index (Phi) is 3.78. The van der Waals surface area contributed by atoms with E-state index in [0.717, 1.165) is 17.5 Å². The predicted octanol–water partition coefficient (Wildman–Crippen LogP) is 4.18. The molecule has 0 radical (unpaired) electrons. The minimum Gasteiger partial charge on any atom is -0.346 e. The van der Waals surface area contributed by atoms with Gasteiger partial charge in [-0.05, 0) is 38.0 Å². The predicted molar refractivity (Wildman–Crippen MR) is 77.5 cm³/mol. The van der Waals surface area contributed by atoms with Crippen LogP contribution in [0.2, 0.25) is 0 Å². The fourth-order valence-electron chi connectivity index (χ4n) is 1.85. The molecule has 0 aliphatic heterocycles. The maximum absolute atomic E-state index is 4.38. The Morgan fingerprint density at radius 3 is 3.00 bits per heavy atom. The molecular formula is C16H18N2. The van der Waals surface area contributed by atoms with Crippen LogP contribution in [-0.4, -0.2) is 9.97 Å². The summed E-state index contributed by atoms with van der Waals surface area (Å²) in [7, 11) is 0. The van der Waals surface area contributed by atoms with E-state index in [-0.39, 0.29) is 0 Å². The molecule has 0 unspecified atom stereocenters. The first kappa shape index (κ1) is 12.4. The number of H-pyrrole nitrogens is 1. The van der Waals surface area contributed by atoms with Crippen LogP contribution in [0.4, 0.5) is 0 Å². The molecule has 0 spiro atoms. The summed E-state index contributed by atoms with van der Waals surface area (Å²) in [5.41, 5.74) is 4.61. The molecule has 0 aliphatic carbocycles. The van der Waals surface area contributed by atoms with Crippen molar-refractivity contribution < 1.29 is 0 Å². The van der Waals surface area contributed by atoms with Crippen molar-refractivity contribution in [2.24, 2.45) is 0 Å². The second-order valence-electron chi connectivity index (χ2n) is 4.50. The van der Waals surface area contributed by atoms with E-state index in [2.05, 4.69) is 48.6 Å². The van der Waals surface area contributed by atoms with Gasteiger partial charge in [0.2, 0.25) is 0 Å². The summed E-state index contributed by atoms with van der Waals surface area (Å²) in [6, 6.07) is 4.22. The zero-order chi connectivity index (χ0) is 13.0. The van der Waals surface area contributed by atoms with Gasteiger partial charge in [-0.15, -0.1) is 0 Å².